The molecule has 27 heavy (non-hydrogen) atoms. The van der Waals surface area contributed by atoms with Crippen molar-refractivity contribution < 1.29 is 17.9 Å². The van der Waals surface area contributed by atoms with Crippen LogP contribution in [-0.2, 0) is 19.4 Å². The summed E-state index contributed by atoms with van der Waals surface area (Å²) in [4.78, 5) is 13.5. The molecule has 1 aliphatic rings. The van der Waals surface area contributed by atoms with Crippen molar-refractivity contribution in [3.05, 3.63) is 60.7 Å². The lowest BCUT2D eigenvalue weighted by Crippen LogP contribution is -2.36. The van der Waals surface area contributed by atoms with Crippen LogP contribution in [0.4, 0.5) is 0 Å². The number of unbranched alkanes of at least 4 members (excludes halogenated alkanes) is 2. The third-order valence-corrected chi connectivity index (χ3v) is 5.91. The van der Waals surface area contributed by atoms with E-state index in [1.807, 2.05) is 0 Å². The second-order valence-corrected chi connectivity index (χ2v) is 8.99. The number of benzene rings is 1. The van der Waals surface area contributed by atoms with Crippen LogP contribution in [0.2, 0.25) is 0 Å². The van der Waals surface area contributed by atoms with Crippen molar-refractivity contribution in [3.63, 3.8) is 0 Å². The molecule has 0 saturated heterocycles. The summed E-state index contributed by atoms with van der Waals surface area (Å²) in [5.41, 5.74) is 0.409. The molecule has 0 atom stereocenters. The van der Waals surface area contributed by atoms with E-state index in [9.17, 15) is 13.2 Å². The van der Waals surface area contributed by atoms with Crippen molar-refractivity contribution in [2.75, 3.05) is 6.26 Å². The third kappa shape index (κ3) is 4.59. The van der Waals surface area contributed by atoms with Gasteiger partial charge in [-0.25, -0.2) is 8.42 Å². The Hall–Kier alpha value is -2.14. The first-order valence-electron chi connectivity index (χ1n) is 9.28. The molecule has 1 aromatic rings. The smallest absolute Gasteiger partial charge is 0.206 e. The van der Waals surface area contributed by atoms with E-state index in [1.54, 1.807) is 36.4 Å². The number of sulfone groups is 1. The topological polar surface area (TPSA) is 60.4 Å². The van der Waals surface area contributed by atoms with Gasteiger partial charge in [0.25, 0.3) is 0 Å². The van der Waals surface area contributed by atoms with Gasteiger partial charge < -0.3 is 4.74 Å². The fourth-order valence-electron chi connectivity index (χ4n) is 3.37. The first kappa shape index (κ1) is 21.2. The van der Waals surface area contributed by atoms with E-state index in [2.05, 4.69) is 20.1 Å². The molecule has 1 aliphatic heterocycles. The summed E-state index contributed by atoms with van der Waals surface area (Å²) in [7, 11) is -3.28. The van der Waals surface area contributed by atoms with Gasteiger partial charge in [0.2, 0.25) is 5.78 Å². The summed E-state index contributed by atoms with van der Waals surface area (Å²) in [6.07, 6.45) is 9.02. The van der Waals surface area contributed by atoms with Crippen LogP contribution in [0.15, 0.2) is 60.0 Å². The van der Waals surface area contributed by atoms with E-state index in [0.29, 0.717) is 30.6 Å². The molecule has 0 radical (unpaired) electrons. The molecule has 0 saturated carbocycles. The highest BCUT2D eigenvalue weighted by molar-refractivity contribution is 7.90. The van der Waals surface area contributed by atoms with E-state index in [-0.39, 0.29) is 10.7 Å². The molecular formula is C22H28O4S. The van der Waals surface area contributed by atoms with Crippen molar-refractivity contribution in [1.82, 2.24) is 0 Å². The number of carbonyl (C=O) groups excluding carboxylic acids is 1. The van der Waals surface area contributed by atoms with Crippen LogP contribution < -0.4 is 0 Å². The first-order valence-corrected chi connectivity index (χ1v) is 11.2. The van der Waals surface area contributed by atoms with Crippen LogP contribution >= 0.6 is 0 Å². The Bertz CT molecular complexity index is 835. The Morgan fingerprint density at radius 3 is 2.15 bits per heavy atom. The van der Waals surface area contributed by atoms with Gasteiger partial charge in [-0.15, -0.1) is 13.2 Å². The van der Waals surface area contributed by atoms with Gasteiger partial charge in [0, 0.05) is 30.2 Å². The quantitative estimate of drug-likeness (QED) is 0.424. The maximum absolute atomic E-state index is 13.2. The zero-order chi connectivity index (χ0) is 20.1. The average molecular weight is 389 g/mol. The lowest BCUT2D eigenvalue weighted by Gasteiger charge is -2.26. The van der Waals surface area contributed by atoms with Crippen LogP contribution in [0.25, 0.3) is 5.76 Å². The van der Waals surface area contributed by atoms with Crippen LogP contribution in [-0.4, -0.2) is 26.1 Å². The van der Waals surface area contributed by atoms with E-state index in [0.717, 1.165) is 24.8 Å². The maximum atomic E-state index is 13.2. The Morgan fingerprint density at radius 2 is 1.67 bits per heavy atom. The van der Waals surface area contributed by atoms with E-state index in [4.69, 9.17) is 4.74 Å². The van der Waals surface area contributed by atoms with Crippen LogP contribution in [0.3, 0.4) is 0 Å². The molecule has 0 aliphatic carbocycles. The van der Waals surface area contributed by atoms with E-state index in [1.165, 1.54) is 6.26 Å². The minimum Gasteiger partial charge on any atom is -0.477 e. The second-order valence-electron chi connectivity index (χ2n) is 6.97. The fourth-order valence-corrected chi connectivity index (χ4v) is 4.00. The van der Waals surface area contributed by atoms with Crippen molar-refractivity contribution in [2.45, 2.75) is 55.9 Å². The molecule has 0 spiro atoms. The van der Waals surface area contributed by atoms with Crippen molar-refractivity contribution in [2.24, 2.45) is 0 Å². The molecule has 1 aromatic carbocycles. The third-order valence-electron chi connectivity index (χ3n) is 4.78. The lowest BCUT2D eigenvalue weighted by atomic mass is 9.86. The molecule has 4 nitrogen and oxygen atoms in total. The molecule has 0 N–H and O–H groups in total. The monoisotopic (exact) mass is 388 g/mol. The minimum atomic E-state index is -3.28. The number of Topliss-reactive ketones (excluding diaryl/α,β-unsaturated/α-hetero) is 1. The SMILES string of the molecule is C=CCC1(CC=C)OC(c2ccc(S(C)(=O)=O)cc2)=C(CCCCC)C1=O. The summed E-state index contributed by atoms with van der Waals surface area (Å²) in [6, 6.07) is 6.51. The highest BCUT2D eigenvalue weighted by Gasteiger charge is 2.47. The summed E-state index contributed by atoms with van der Waals surface area (Å²) < 4.78 is 29.7. The van der Waals surface area contributed by atoms with Crippen LogP contribution in [0.1, 0.15) is 51.0 Å². The first-order chi connectivity index (χ1) is 12.8. The zero-order valence-corrected chi connectivity index (χ0v) is 17.0. The summed E-state index contributed by atoms with van der Waals surface area (Å²) >= 11 is 0. The number of ether oxygens (including phenoxy) is 1. The van der Waals surface area contributed by atoms with Crippen molar-refractivity contribution in [1.29, 1.82) is 0 Å². The molecule has 1 heterocycles. The number of hydrogen-bond donors (Lipinski definition) is 0. The molecular weight excluding hydrogens is 360 g/mol. The zero-order valence-electron chi connectivity index (χ0n) is 16.2. The molecule has 2 rings (SSSR count). The molecule has 146 valence electrons. The molecule has 0 amide bonds. The summed E-state index contributed by atoms with van der Waals surface area (Å²) in [5, 5.41) is 0. The van der Waals surface area contributed by atoms with Gasteiger partial charge in [-0.2, -0.15) is 0 Å². The standard InChI is InChI=1S/C22H28O4S/c1-5-8-9-10-19-20(17-11-13-18(14-12-17)27(4,24)25)26-22(15-6-2,16-7-3)21(19)23/h6-7,11-14H,2-3,5,8-10,15-16H2,1,4H3. The van der Waals surface area contributed by atoms with Gasteiger partial charge in [0.05, 0.1) is 4.90 Å². The number of rotatable bonds is 10. The fraction of sp³-hybridized carbons (Fsp3) is 0.409. The van der Waals surface area contributed by atoms with E-state index < -0.39 is 15.4 Å². The van der Waals surface area contributed by atoms with Gasteiger partial charge in [-0.05, 0) is 37.1 Å². The van der Waals surface area contributed by atoms with Crippen molar-refractivity contribution >= 4 is 21.4 Å². The van der Waals surface area contributed by atoms with Crippen molar-refractivity contribution in [3.8, 4) is 0 Å². The largest absolute Gasteiger partial charge is 0.477 e. The van der Waals surface area contributed by atoms with Gasteiger partial charge in [0.15, 0.2) is 15.4 Å². The van der Waals surface area contributed by atoms with E-state index >= 15 is 0 Å². The lowest BCUT2D eigenvalue weighted by molar-refractivity contribution is -0.129. The van der Waals surface area contributed by atoms with Gasteiger partial charge in [-0.3, -0.25) is 4.79 Å². The Labute approximate surface area is 162 Å². The molecule has 5 heteroatoms. The molecule has 0 aromatic heterocycles. The Kier molecular flexibility index (Phi) is 6.82. The number of carbonyl (C=O) groups is 1. The average Bonchev–Trinajstić information content (AvgIpc) is 2.88. The predicted octanol–water partition coefficient (Wildman–Crippen LogP) is 4.87. The number of ketones is 1. The molecule has 0 fully saturated rings. The summed E-state index contributed by atoms with van der Waals surface area (Å²) in [6.45, 7) is 9.66. The highest BCUT2D eigenvalue weighted by atomic mass is 32.2. The normalized spacial score (nSPS) is 16.3. The molecule has 0 unspecified atom stereocenters. The summed E-state index contributed by atoms with van der Waals surface area (Å²) in [5.74, 6) is 0.542. The number of hydrogen-bond acceptors (Lipinski definition) is 4. The van der Waals surface area contributed by atoms with Gasteiger partial charge >= 0.3 is 0 Å². The van der Waals surface area contributed by atoms with Crippen LogP contribution in [0, 0.1) is 0 Å². The minimum absolute atomic E-state index is 0.0133. The highest BCUT2D eigenvalue weighted by Crippen LogP contribution is 2.43. The Balaban J connectivity index is 2.47. The van der Waals surface area contributed by atoms with Gasteiger partial charge in [-0.1, -0.05) is 31.9 Å². The maximum Gasteiger partial charge on any atom is 0.206 e. The second kappa shape index (κ2) is 8.70. The Morgan fingerprint density at radius 1 is 1.07 bits per heavy atom. The van der Waals surface area contributed by atoms with Gasteiger partial charge in [0.1, 0.15) is 5.76 Å². The molecule has 0 bridgehead atoms. The van der Waals surface area contributed by atoms with Crippen LogP contribution in [0.5, 0.6) is 0 Å². The predicted molar refractivity (Wildman–Crippen MR) is 109 cm³/mol.